The van der Waals surface area contributed by atoms with E-state index in [0.29, 0.717) is 11.1 Å². The SMILES string of the molecule is CCCCC(Nc1ccc(C(=O)N[C@H](C)C(=O)OCC)cc1)c1ccc(-c2nnc(C(F)(F)F)o2)cc1. The van der Waals surface area contributed by atoms with E-state index in [0.717, 1.165) is 30.5 Å². The molecule has 1 heterocycles. The minimum absolute atomic E-state index is 0.0778. The second-order valence-electron chi connectivity index (χ2n) is 8.40. The van der Waals surface area contributed by atoms with Crippen molar-refractivity contribution >= 4 is 17.6 Å². The van der Waals surface area contributed by atoms with Crippen molar-refractivity contribution in [1.29, 1.82) is 0 Å². The van der Waals surface area contributed by atoms with E-state index in [1.165, 1.54) is 0 Å². The van der Waals surface area contributed by atoms with Gasteiger partial charge in [0.25, 0.3) is 5.91 Å². The van der Waals surface area contributed by atoms with E-state index in [2.05, 4.69) is 27.8 Å². The molecular formula is C26H29F3N4O4. The minimum Gasteiger partial charge on any atom is -0.464 e. The molecule has 0 saturated heterocycles. The number of nitrogens with zero attached hydrogens (tertiary/aromatic N) is 2. The predicted octanol–water partition coefficient (Wildman–Crippen LogP) is 5.78. The average Bonchev–Trinajstić information content (AvgIpc) is 3.38. The number of carbonyl (C=O) groups is 2. The van der Waals surface area contributed by atoms with Crippen LogP contribution in [0.5, 0.6) is 0 Å². The summed E-state index contributed by atoms with van der Waals surface area (Å²) in [6.07, 6.45) is -1.95. The summed E-state index contributed by atoms with van der Waals surface area (Å²) >= 11 is 0. The number of carbonyl (C=O) groups excluding carboxylic acids is 2. The van der Waals surface area contributed by atoms with Crippen LogP contribution in [-0.4, -0.2) is 34.7 Å². The fourth-order valence-electron chi connectivity index (χ4n) is 3.57. The van der Waals surface area contributed by atoms with Crippen molar-refractivity contribution in [2.45, 2.75) is 58.3 Å². The number of benzene rings is 2. The number of ether oxygens (including phenoxy) is 1. The van der Waals surface area contributed by atoms with Crippen molar-refractivity contribution in [3.63, 3.8) is 0 Å². The van der Waals surface area contributed by atoms with E-state index < -0.39 is 24.1 Å². The molecule has 1 aromatic heterocycles. The number of aromatic nitrogens is 2. The molecule has 1 amide bonds. The Bertz CT molecular complexity index is 1180. The second kappa shape index (κ2) is 12.4. The zero-order chi connectivity index (χ0) is 27.0. The highest BCUT2D eigenvalue weighted by Gasteiger charge is 2.38. The van der Waals surface area contributed by atoms with Crippen molar-refractivity contribution in [2.75, 3.05) is 11.9 Å². The van der Waals surface area contributed by atoms with Crippen molar-refractivity contribution in [2.24, 2.45) is 0 Å². The zero-order valence-electron chi connectivity index (χ0n) is 20.8. The Labute approximate surface area is 212 Å². The van der Waals surface area contributed by atoms with Gasteiger partial charge in [-0.05, 0) is 62.2 Å². The van der Waals surface area contributed by atoms with Crippen molar-refractivity contribution in [3.8, 4) is 11.5 Å². The molecule has 0 spiro atoms. The van der Waals surface area contributed by atoms with E-state index in [1.807, 2.05) is 0 Å². The molecule has 37 heavy (non-hydrogen) atoms. The van der Waals surface area contributed by atoms with E-state index in [4.69, 9.17) is 9.15 Å². The van der Waals surface area contributed by atoms with Crippen LogP contribution >= 0.6 is 0 Å². The molecule has 11 heteroatoms. The summed E-state index contributed by atoms with van der Waals surface area (Å²) in [7, 11) is 0. The van der Waals surface area contributed by atoms with Crippen LogP contribution in [0.15, 0.2) is 52.9 Å². The van der Waals surface area contributed by atoms with Crippen molar-refractivity contribution in [1.82, 2.24) is 15.5 Å². The van der Waals surface area contributed by atoms with Gasteiger partial charge in [0.2, 0.25) is 5.89 Å². The van der Waals surface area contributed by atoms with Crippen LogP contribution in [0.1, 0.15) is 67.9 Å². The number of unbranched alkanes of at least 4 members (excludes halogenated alkanes) is 1. The van der Waals surface area contributed by atoms with Crippen LogP contribution in [0, 0.1) is 0 Å². The first-order valence-electron chi connectivity index (χ1n) is 12.0. The Kier molecular flexibility index (Phi) is 9.26. The van der Waals surface area contributed by atoms with E-state index >= 15 is 0 Å². The summed E-state index contributed by atoms with van der Waals surface area (Å²) in [5, 5.41) is 12.6. The monoisotopic (exact) mass is 518 g/mol. The zero-order valence-corrected chi connectivity index (χ0v) is 20.8. The van der Waals surface area contributed by atoms with Gasteiger partial charge in [0.15, 0.2) is 0 Å². The molecule has 2 atom stereocenters. The first kappa shape index (κ1) is 27.7. The van der Waals surface area contributed by atoms with Gasteiger partial charge in [-0.1, -0.05) is 31.9 Å². The Morgan fingerprint density at radius 3 is 2.27 bits per heavy atom. The van der Waals surface area contributed by atoms with E-state index in [9.17, 15) is 22.8 Å². The van der Waals surface area contributed by atoms with Gasteiger partial charge in [-0.3, -0.25) is 4.79 Å². The summed E-state index contributed by atoms with van der Waals surface area (Å²) in [5.41, 5.74) is 2.49. The number of hydrogen-bond acceptors (Lipinski definition) is 7. The van der Waals surface area contributed by atoms with E-state index in [1.54, 1.807) is 62.4 Å². The van der Waals surface area contributed by atoms with Crippen LogP contribution in [0.2, 0.25) is 0 Å². The molecule has 198 valence electrons. The molecule has 0 bridgehead atoms. The number of amides is 1. The van der Waals surface area contributed by atoms with Crippen LogP contribution in [0.4, 0.5) is 18.9 Å². The fourth-order valence-corrected chi connectivity index (χ4v) is 3.57. The highest BCUT2D eigenvalue weighted by atomic mass is 19.4. The van der Waals surface area contributed by atoms with Gasteiger partial charge in [-0.2, -0.15) is 13.2 Å². The maximum absolute atomic E-state index is 12.8. The van der Waals surface area contributed by atoms with Crippen molar-refractivity contribution in [3.05, 3.63) is 65.5 Å². The summed E-state index contributed by atoms with van der Waals surface area (Å²) in [6.45, 7) is 5.57. The van der Waals surface area contributed by atoms with E-state index in [-0.39, 0.29) is 24.4 Å². The highest BCUT2D eigenvalue weighted by molar-refractivity contribution is 5.96. The summed E-state index contributed by atoms with van der Waals surface area (Å²) in [4.78, 5) is 24.2. The number of halogens is 3. The number of anilines is 1. The first-order chi connectivity index (χ1) is 17.6. The summed E-state index contributed by atoms with van der Waals surface area (Å²) in [6, 6.07) is 12.9. The Hall–Kier alpha value is -3.89. The highest BCUT2D eigenvalue weighted by Crippen LogP contribution is 2.31. The quantitative estimate of drug-likeness (QED) is 0.310. The number of esters is 1. The lowest BCUT2D eigenvalue weighted by molar-refractivity contribution is -0.157. The summed E-state index contributed by atoms with van der Waals surface area (Å²) < 4.78 is 47.9. The van der Waals surface area contributed by atoms with Gasteiger partial charge < -0.3 is 19.8 Å². The number of rotatable bonds is 11. The minimum atomic E-state index is -4.70. The van der Waals surface area contributed by atoms with Crippen molar-refractivity contribution < 1.29 is 31.9 Å². The predicted molar refractivity (Wildman–Crippen MR) is 131 cm³/mol. The third kappa shape index (κ3) is 7.55. The molecule has 0 aliphatic rings. The average molecular weight is 519 g/mol. The fraction of sp³-hybridized carbons (Fsp3) is 0.385. The molecule has 3 rings (SSSR count). The summed E-state index contributed by atoms with van der Waals surface area (Å²) in [5.74, 6) is -2.48. The number of alkyl halides is 3. The standard InChI is InChI=1S/C26H29F3N4O4/c1-4-6-7-21(17-8-10-19(11-9-17)23-32-33-25(37-23)26(27,28)29)31-20-14-12-18(13-15-20)22(34)30-16(3)24(35)36-5-2/h8-16,21,31H,4-7H2,1-3H3,(H,30,34)/t16-,21?/m1/s1. The normalized spacial score (nSPS) is 13.0. The van der Waals surface area contributed by atoms with Gasteiger partial charge in [0.05, 0.1) is 12.6 Å². The molecular weight excluding hydrogens is 489 g/mol. The Balaban J connectivity index is 1.69. The van der Waals surface area contributed by atoms with Crippen LogP contribution in [-0.2, 0) is 15.7 Å². The number of hydrogen-bond donors (Lipinski definition) is 2. The molecule has 2 N–H and O–H groups in total. The Morgan fingerprint density at radius 1 is 1.03 bits per heavy atom. The maximum atomic E-state index is 12.8. The molecule has 0 fully saturated rings. The van der Waals surface area contributed by atoms with Gasteiger partial charge in [-0.15, -0.1) is 10.2 Å². The molecule has 2 aromatic carbocycles. The van der Waals surface area contributed by atoms with Gasteiger partial charge in [0.1, 0.15) is 6.04 Å². The van der Waals surface area contributed by atoms with Gasteiger partial charge >= 0.3 is 18.0 Å². The maximum Gasteiger partial charge on any atom is 0.470 e. The van der Waals surface area contributed by atoms with Gasteiger partial charge in [-0.25, -0.2) is 4.79 Å². The third-order valence-electron chi connectivity index (χ3n) is 5.55. The molecule has 0 aliphatic carbocycles. The smallest absolute Gasteiger partial charge is 0.464 e. The largest absolute Gasteiger partial charge is 0.470 e. The third-order valence-corrected chi connectivity index (χ3v) is 5.55. The second-order valence-corrected chi connectivity index (χ2v) is 8.40. The number of nitrogens with one attached hydrogen (secondary N) is 2. The molecule has 0 aliphatic heterocycles. The first-order valence-corrected chi connectivity index (χ1v) is 12.0. The van der Waals surface area contributed by atoms with Crippen LogP contribution < -0.4 is 10.6 Å². The molecule has 8 nitrogen and oxygen atoms in total. The Morgan fingerprint density at radius 2 is 1.70 bits per heavy atom. The lowest BCUT2D eigenvalue weighted by Gasteiger charge is -2.21. The molecule has 0 radical (unpaired) electrons. The molecule has 0 saturated carbocycles. The lowest BCUT2D eigenvalue weighted by atomic mass is 9.99. The molecule has 3 aromatic rings. The molecule has 1 unspecified atom stereocenters. The van der Waals surface area contributed by atoms with Gasteiger partial charge in [0, 0.05) is 16.8 Å². The van der Waals surface area contributed by atoms with Crippen LogP contribution in [0.25, 0.3) is 11.5 Å². The lowest BCUT2D eigenvalue weighted by Crippen LogP contribution is -2.39. The topological polar surface area (TPSA) is 106 Å². The van der Waals surface area contributed by atoms with Crippen LogP contribution in [0.3, 0.4) is 0 Å².